The highest BCUT2D eigenvalue weighted by Crippen LogP contribution is 2.30. The first-order valence-corrected chi connectivity index (χ1v) is 10.9. The lowest BCUT2D eigenvalue weighted by molar-refractivity contribution is -0.139. The third-order valence-corrected chi connectivity index (χ3v) is 5.92. The van der Waals surface area contributed by atoms with Gasteiger partial charge >= 0.3 is 12.0 Å². The van der Waals surface area contributed by atoms with Crippen molar-refractivity contribution in [3.8, 4) is 0 Å². The fraction of sp³-hybridized carbons (Fsp3) is 0.304. The van der Waals surface area contributed by atoms with Crippen LogP contribution in [0.25, 0.3) is 0 Å². The van der Waals surface area contributed by atoms with Gasteiger partial charge in [-0.15, -0.1) is 0 Å². The van der Waals surface area contributed by atoms with Crippen molar-refractivity contribution in [2.75, 3.05) is 19.7 Å². The van der Waals surface area contributed by atoms with E-state index in [1.807, 2.05) is 30.3 Å². The lowest BCUT2D eigenvalue weighted by Crippen LogP contribution is -2.49. The van der Waals surface area contributed by atoms with Gasteiger partial charge in [0.2, 0.25) is 0 Å². The Kier molecular flexibility index (Phi) is 6.20. The quantitative estimate of drug-likeness (QED) is 0.655. The van der Waals surface area contributed by atoms with E-state index in [1.54, 1.807) is 6.92 Å². The van der Waals surface area contributed by atoms with Crippen LogP contribution >= 0.6 is 15.9 Å². The van der Waals surface area contributed by atoms with E-state index in [2.05, 4.69) is 49.7 Å². The number of nitrogens with zero attached hydrogens (tertiary/aromatic N) is 1. The van der Waals surface area contributed by atoms with Crippen molar-refractivity contribution in [2.24, 2.45) is 0 Å². The molecule has 2 amide bonds. The summed E-state index contributed by atoms with van der Waals surface area (Å²) in [7, 11) is 0. The third kappa shape index (κ3) is 4.42. The largest absolute Gasteiger partial charge is 0.463 e. The minimum absolute atomic E-state index is 0.270. The average molecular weight is 470 g/mol. The molecule has 2 aliphatic rings. The molecule has 4 rings (SSSR count). The highest BCUT2D eigenvalue weighted by atomic mass is 79.9. The molecule has 0 fully saturated rings. The van der Waals surface area contributed by atoms with Gasteiger partial charge in [-0.2, -0.15) is 0 Å². The fourth-order valence-corrected chi connectivity index (χ4v) is 4.46. The van der Waals surface area contributed by atoms with Gasteiger partial charge in [-0.1, -0.05) is 52.3 Å². The lowest BCUT2D eigenvalue weighted by atomic mass is 9.94. The van der Waals surface area contributed by atoms with Crippen molar-refractivity contribution in [1.29, 1.82) is 0 Å². The van der Waals surface area contributed by atoms with E-state index in [0.717, 1.165) is 29.5 Å². The maximum absolute atomic E-state index is 12.9. The Bertz CT molecular complexity index is 1000. The normalized spacial score (nSPS) is 19.0. The summed E-state index contributed by atoms with van der Waals surface area (Å²) in [6.45, 7) is 4.16. The SMILES string of the molecule is CCOC(=O)C1=C(CN2CCc3ccccc3C2)NC(=O)NC1c1cccc(Br)c1. The summed E-state index contributed by atoms with van der Waals surface area (Å²) in [5.41, 5.74) is 4.51. The zero-order valence-electron chi connectivity index (χ0n) is 16.8. The Morgan fingerprint density at radius 2 is 2.00 bits per heavy atom. The molecule has 1 atom stereocenters. The Hall–Kier alpha value is -2.64. The van der Waals surface area contributed by atoms with Crippen LogP contribution < -0.4 is 10.6 Å². The molecule has 156 valence electrons. The van der Waals surface area contributed by atoms with E-state index in [-0.39, 0.29) is 12.6 Å². The molecule has 0 radical (unpaired) electrons. The standard InChI is InChI=1S/C23H24BrN3O3/c1-2-30-22(28)20-19(14-27-11-10-15-6-3-4-7-17(15)13-27)25-23(29)26-21(20)16-8-5-9-18(24)12-16/h3-9,12,21H,2,10-11,13-14H2,1H3,(H2,25,26,29). The molecule has 0 aliphatic carbocycles. The Labute approximate surface area is 184 Å². The maximum Gasteiger partial charge on any atom is 0.338 e. The van der Waals surface area contributed by atoms with Gasteiger partial charge in [0, 0.05) is 29.8 Å². The molecule has 0 aromatic heterocycles. The summed E-state index contributed by atoms with van der Waals surface area (Å²) in [5.74, 6) is -0.414. The van der Waals surface area contributed by atoms with Gasteiger partial charge in [0.05, 0.1) is 18.2 Å². The van der Waals surface area contributed by atoms with E-state index < -0.39 is 12.0 Å². The number of hydrogen-bond donors (Lipinski definition) is 2. The summed E-state index contributed by atoms with van der Waals surface area (Å²) < 4.78 is 6.24. The van der Waals surface area contributed by atoms with Crippen LogP contribution in [0.15, 0.2) is 64.3 Å². The molecule has 0 saturated heterocycles. The number of carbonyl (C=O) groups excluding carboxylic acids is 2. The second kappa shape index (κ2) is 9.02. The summed E-state index contributed by atoms with van der Waals surface area (Å²) in [6, 6.07) is 15.1. The highest BCUT2D eigenvalue weighted by Gasteiger charge is 2.34. The van der Waals surface area contributed by atoms with Crippen LogP contribution in [0, 0.1) is 0 Å². The number of rotatable bonds is 5. The van der Waals surface area contributed by atoms with E-state index in [0.29, 0.717) is 17.8 Å². The molecular weight excluding hydrogens is 446 g/mol. The van der Waals surface area contributed by atoms with Crippen molar-refractivity contribution in [3.05, 3.63) is 81.0 Å². The van der Waals surface area contributed by atoms with Crippen LogP contribution in [0.3, 0.4) is 0 Å². The molecule has 2 N–H and O–H groups in total. The number of benzene rings is 2. The van der Waals surface area contributed by atoms with Crippen LogP contribution in [0.4, 0.5) is 4.79 Å². The fourth-order valence-electron chi connectivity index (χ4n) is 4.04. The van der Waals surface area contributed by atoms with E-state index in [1.165, 1.54) is 11.1 Å². The second-order valence-electron chi connectivity index (χ2n) is 7.43. The first kappa shape index (κ1) is 20.6. The second-order valence-corrected chi connectivity index (χ2v) is 8.34. The minimum Gasteiger partial charge on any atom is -0.463 e. The number of hydrogen-bond acceptors (Lipinski definition) is 4. The lowest BCUT2D eigenvalue weighted by Gasteiger charge is -2.34. The molecule has 0 bridgehead atoms. The molecular formula is C23H24BrN3O3. The summed E-state index contributed by atoms with van der Waals surface area (Å²) in [4.78, 5) is 27.6. The Balaban J connectivity index is 1.68. The van der Waals surface area contributed by atoms with E-state index in [4.69, 9.17) is 4.74 Å². The number of nitrogens with one attached hydrogen (secondary N) is 2. The number of halogens is 1. The molecule has 30 heavy (non-hydrogen) atoms. The van der Waals surface area contributed by atoms with E-state index in [9.17, 15) is 9.59 Å². The van der Waals surface area contributed by atoms with Crippen molar-refractivity contribution < 1.29 is 14.3 Å². The van der Waals surface area contributed by atoms with Crippen molar-refractivity contribution in [2.45, 2.75) is 25.9 Å². The molecule has 2 aliphatic heterocycles. The average Bonchev–Trinajstić information content (AvgIpc) is 2.73. The topological polar surface area (TPSA) is 70.7 Å². The molecule has 2 aromatic rings. The van der Waals surface area contributed by atoms with Crippen LogP contribution in [0.5, 0.6) is 0 Å². The van der Waals surface area contributed by atoms with Gasteiger partial charge in [0.15, 0.2) is 0 Å². The predicted molar refractivity (Wildman–Crippen MR) is 118 cm³/mol. The van der Waals surface area contributed by atoms with Gasteiger partial charge in [-0.25, -0.2) is 9.59 Å². The zero-order valence-corrected chi connectivity index (χ0v) is 18.4. The van der Waals surface area contributed by atoms with Gasteiger partial charge in [-0.3, -0.25) is 4.90 Å². The predicted octanol–water partition coefficient (Wildman–Crippen LogP) is 3.68. The first-order valence-electron chi connectivity index (χ1n) is 10.1. The number of ether oxygens (including phenoxy) is 1. The van der Waals surface area contributed by atoms with Gasteiger partial charge < -0.3 is 15.4 Å². The molecule has 7 heteroatoms. The van der Waals surface area contributed by atoms with Gasteiger partial charge in [0.1, 0.15) is 0 Å². The number of fused-ring (bicyclic) bond motifs is 1. The first-order chi connectivity index (χ1) is 14.5. The van der Waals surface area contributed by atoms with Gasteiger partial charge in [-0.05, 0) is 42.2 Å². The minimum atomic E-state index is -0.567. The maximum atomic E-state index is 12.9. The highest BCUT2D eigenvalue weighted by molar-refractivity contribution is 9.10. The van der Waals surface area contributed by atoms with E-state index >= 15 is 0 Å². The molecule has 2 heterocycles. The molecule has 2 aromatic carbocycles. The molecule has 1 unspecified atom stereocenters. The van der Waals surface area contributed by atoms with Crippen molar-refractivity contribution in [1.82, 2.24) is 15.5 Å². The van der Waals surface area contributed by atoms with Crippen LogP contribution in [-0.2, 0) is 22.5 Å². The third-order valence-electron chi connectivity index (χ3n) is 5.42. The van der Waals surface area contributed by atoms with Crippen LogP contribution in [0.2, 0.25) is 0 Å². The number of esters is 1. The monoisotopic (exact) mass is 469 g/mol. The number of carbonyl (C=O) groups is 2. The Morgan fingerprint density at radius 1 is 1.20 bits per heavy atom. The van der Waals surface area contributed by atoms with Crippen molar-refractivity contribution in [3.63, 3.8) is 0 Å². The molecule has 6 nitrogen and oxygen atoms in total. The summed E-state index contributed by atoms with van der Waals surface area (Å²) >= 11 is 3.47. The summed E-state index contributed by atoms with van der Waals surface area (Å²) in [6.07, 6.45) is 0.944. The summed E-state index contributed by atoms with van der Waals surface area (Å²) in [5, 5.41) is 5.75. The molecule has 0 spiro atoms. The Morgan fingerprint density at radius 3 is 2.77 bits per heavy atom. The van der Waals surface area contributed by atoms with Gasteiger partial charge in [0.25, 0.3) is 0 Å². The zero-order chi connectivity index (χ0) is 21.1. The smallest absolute Gasteiger partial charge is 0.338 e. The van der Waals surface area contributed by atoms with Crippen LogP contribution in [0.1, 0.15) is 29.7 Å². The number of amides is 2. The molecule has 0 saturated carbocycles. The van der Waals surface area contributed by atoms with Crippen LogP contribution in [-0.4, -0.2) is 36.6 Å². The van der Waals surface area contributed by atoms with Crippen molar-refractivity contribution >= 4 is 27.9 Å². The number of urea groups is 1.